The number of aromatic nitrogens is 1. The molecule has 3 N–H and O–H groups in total. The van der Waals surface area contributed by atoms with Crippen LogP contribution < -0.4 is 11.1 Å². The molecule has 102 valence electrons. The molecule has 0 radical (unpaired) electrons. The molecule has 1 rings (SSSR count). The second-order valence-electron chi connectivity index (χ2n) is 5.72. The number of carbonyl (C=O) groups excluding carboxylic acids is 1. The van der Waals surface area contributed by atoms with Gasteiger partial charge < -0.3 is 14.7 Å². The standard InChI is InChI=1S/C11H21N3O3Si/c1-11(2,3)18(4,5)16-7-8-6-9(17-14-8)13-10(12)15/h6H,7H2,1-5H3,(H3,12,13,15). The molecule has 7 heteroatoms. The molecule has 1 aromatic rings. The van der Waals surface area contributed by atoms with Crippen LogP contribution in [0.25, 0.3) is 0 Å². The van der Waals surface area contributed by atoms with Gasteiger partial charge in [-0.25, -0.2) is 4.79 Å². The van der Waals surface area contributed by atoms with Crippen LogP contribution in [0.5, 0.6) is 0 Å². The SMILES string of the molecule is CC(C)(C)[Si](C)(C)OCc1cc(NC(N)=O)on1. The summed E-state index contributed by atoms with van der Waals surface area (Å²) in [5, 5.41) is 6.27. The zero-order valence-corrected chi connectivity index (χ0v) is 12.5. The van der Waals surface area contributed by atoms with Crippen molar-refractivity contribution in [2.75, 3.05) is 5.32 Å². The van der Waals surface area contributed by atoms with E-state index in [0.717, 1.165) is 0 Å². The molecule has 2 amide bonds. The average Bonchev–Trinajstić information content (AvgIpc) is 2.60. The second kappa shape index (κ2) is 5.11. The molecule has 0 saturated heterocycles. The maximum absolute atomic E-state index is 10.6. The van der Waals surface area contributed by atoms with Crippen molar-refractivity contribution in [1.29, 1.82) is 0 Å². The number of rotatable bonds is 4. The third kappa shape index (κ3) is 3.85. The summed E-state index contributed by atoms with van der Waals surface area (Å²) in [6.07, 6.45) is 0. The van der Waals surface area contributed by atoms with Crippen LogP contribution in [0.4, 0.5) is 10.7 Å². The van der Waals surface area contributed by atoms with E-state index in [1.165, 1.54) is 0 Å². The normalized spacial score (nSPS) is 12.5. The van der Waals surface area contributed by atoms with Gasteiger partial charge in [0.05, 0.1) is 6.61 Å². The summed E-state index contributed by atoms with van der Waals surface area (Å²) in [7, 11) is -1.80. The highest BCUT2D eigenvalue weighted by Crippen LogP contribution is 2.37. The minimum Gasteiger partial charge on any atom is -0.411 e. The lowest BCUT2D eigenvalue weighted by atomic mass is 10.2. The highest BCUT2D eigenvalue weighted by Gasteiger charge is 2.37. The fourth-order valence-corrected chi connectivity index (χ4v) is 1.97. The van der Waals surface area contributed by atoms with Gasteiger partial charge >= 0.3 is 6.03 Å². The quantitative estimate of drug-likeness (QED) is 0.824. The first-order chi connectivity index (χ1) is 8.12. The van der Waals surface area contributed by atoms with Gasteiger partial charge in [-0.2, -0.15) is 0 Å². The molecular weight excluding hydrogens is 250 g/mol. The zero-order valence-electron chi connectivity index (χ0n) is 11.5. The summed E-state index contributed by atoms with van der Waals surface area (Å²) in [6.45, 7) is 11.2. The van der Waals surface area contributed by atoms with E-state index in [1.54, 1.807) is 6.07 Å². The fraction of sp³-hybridized carbons (Fsp3) is 0.636. The van der Waals surface area contributed by atoms with Gasteiger partial charge in [0.25, 0.3) is 0 Å². The van der Waals surface area contributed by atoms with Crippen molar-refractivity contribution in [2.24, 2.45) is 5.73 Å². The number of nitrogens with zero attached hydrogens (tertiary/aromatic N) is 1. The van der Waals surface area contributed by atoms with Crippen LogP contribution >= 0.6 is 0 Å². The van der Waals surface area contributed by atoms with Gasteiger partial charge in [-0.3, -0.25) is 5.32 Å². The Morgan fingerprint density at radius 2 is 2.17 bits per heavy atom. The Morgan fingerprint density at radius 1 is 1.56 bits per heavy atom. The number of anilines is 1. The molecule has 6 nitrogen and oxygen atoms in total. The lowest BCUT2D eigenvalue weighted by Gasteiger charge is -2.35. The van der Waals surface area contributed by atoms with E-state index in [9.17, 15) is 4.79 Å². The van der Waals surface area contributed by atoms with Crippen molar-refractivity contribution < 1.29 is 13.7 Å². The predicted molar refractivity (Wildman–Crippen MR) is 71.7 cm³/mol. The van der Waals surface area contributed by atoms with Crippen LogP contribution in [0.3, 0.4) is 0 Å². The van der Waals surface area contributed by atoms with Crippen molar-refractivity contribution in [3.05, 3.63) is 11.8 Å². The van der Waals surface area contributed by atoms with Gasteiger partial charge in [-0.15, -0.1) is 0 Å². The smallest absolute Gasteiger partial charge is 0.319 e. The molecule has 0 unspecified atom stereocenters. The van der Waals surface area contributed by atoms with Crippen molar-refractivity contribution in [2.45, 2.75) is 45.5 Å². The third-order valence-electron chi connectivity index (χ3n) is 3.19. The summed E-state index contributed by atoms with van der Waals surface area (Å²) in [4.78, 5) is 10.6. The van der Waals surface area contributed by atoms with Crippen LogP contribution in [0.1, 0.15) is 26.5 Å². The maximum atomic E-state index is 10.6. The molecule has 0 aliphatic rings. The van der Waals surface area contributed by atoms with E-state index >= 15 is 0 Å². The molecule has 0 aliphatic heterocycles. The number of carbonyl (C=O) groups is 1. The van der Waals surface area contributed by atoms with Gasteiger partial charge in [-0.1, -0.05) is 25.9 Å². The minimum atomic E-state index is -1.80. The molecule has 1 aromatic heterocycles. The first kappa shape index (κ1) is 14.7. The van der Waals surface area contributed by atoms with Crippen LogP contribution in [-0.2, 0) is 11.0 Å². The highest BCUT2D eigenvalue weighted by atomic mass is 28.4. The highest BCUT2D eigenvalue weighted by molar-refractivity contribution is 6.74. The largest absolute Gasteiger partial charge is 0.411 e. The molecular formula is C11H21N3O3Si. The minimum absolute atomic E-state index is 0.144. The Balaban J connectivity index is 2.59. The van der Waals surface area contributed by atoms with E-state index < -0.39 is 14.3 Å². The number of nitrogens with one attached hydrogen (secondary N) is 1. The molecule has 0 aromatic carbocycles. The Bertz CT molecular complexity index is 423. The third-order valence-corrected chi connectivity index (χ3v) is 7.67. The van der Waals surface area contributed by atoms with E-state index in [0.29, 0.717) is 12.3 Å². The van der Waals surface area contributed by atoms with Gasteiger partial charge in [0.1, 0.15) is 5.69 Å². The van der Waals surface area contributed by atoms with Crippen molar-refractivity contribution >= 4 is 20.2 Å². The topological polar surface area (TPSA) is 90.4 Å². The summed E-state index contributed by atoms with van der Waals surface area (Å²) in [6, 6.07) is 0.931. The van der Waals surface area contributed by atoms with Crippen LogP contribution in [0.15, 0.2) is 10.6 Å². The van der Waals surface area contributed by atoms with Gasteiger partial charge in [-0.05, 0) is 18.1 Å². The Kier molecular flexibility index (Phi) is 4.18. The van der Waals surface area contributed by atoms with Crippen molar-refractivity contribution in [3.8, 4) is 0 Å². The van der Waals surface area contributed by atoms with Gasteiger partial charge in [0.15, 0.2) is 8.32 Å². The van der Waals surface area contributed by atoms with Crippen LogP contribution in [-0.4, -0.2) is 19.5 Å². The van der Waals surface area contributed by atoms with Crippen molar-refractivity contribution in [1.82, 2.24) is 5.16 Å². The predicted octanol–water partition coefficient (Wildman–Crippen LogP) is 2.69. The number of primary amides is 1. The van der Waals surface area contributed by atoms with E-state index in [2.05, 4.69) is 44.3 Å². The second-order valence-corrected chi connectivity index (χ2v) is 10.5. The number of hydrogen-bond acceptors (Lipinski definition) is 4. The lowest BCUT2D eigenvalue weighted by Crippen LogP contribution is -2.40. The zero-order chi connectivity index (χ0) is 14.0. The van der Waals surface area contributed by atoms with E-state index in [1.807, 2.05) is 0 Å². The molecule has 0 saturated carbocycles. The summed E-state index contributed by atoms with van der Waals surface area (Å²) in [5.74, 6) is 0.233. The number of nitrogens with two attached hydrogens (primary N) is 1. The number of hydrogen-bond donors (Lipinski definition) is 2. The lowest BCUT2D eigenvalue weighted by molar-refractivity contribution is 0.258. The fourth-order valence-electron chi connectivity index (χ4n) is 1.03. The first-order valence-corrected chi connectivity index (χ1v) is 8.69. The summed E-state index contributed by atoms with van der Waals surface area (Å²) >= 11 is 0. The molecule has 0 aliphatic carbocycles. The van der Waals surface area contributed by atoms with E-state index in [4.69, 9.17) is 14.7 Å². The maximum Gasteiger partial charge on any atom is 0.319 e. The molecule has 0 spiro atoms. The summed E-state index contributed by atoms with van der Waals surface area (Å²) < 4.78 is 10.9. The van der Waals surface area contributed by atoms with E-state index in [-0.39, 0.29) is 10.9 Å². The Labute approximate surface area is 108 Å². The van der Waals surface area contributed by atoms with Gasteiger partial charge in [0.2, 0.25) is 5.88 Å². The Hall–Kier alpha value is -1.34. The Morgan fingerprint density at radius 3 is 2.67 bits per heavy atom. The summed E-state index contributed by atoms with van der Waals surface area (Å²) in [5.41, 5.74) is 5.61. The molecule has 18 heavy (non-hydrogen) atoms. The molecule has 0 atom stereocenters. The van der Waals surface area contributed by atoms with Crippen LogP contribution in [0, 0.1) is 0 Å². The first-order valence-electron chi connectivity index (χ1n) is 5.78. The monoisotopic (exact) mass is 271 g/mol. The molecule has 0 bridgehead atoms. The van der Waals surface area contributed by atoms with Crippen molar-refractivity contribution in [3.63, 3.8) is 0 Å². The van der Waals surface area contributed by atoms with Gasteiger partial charge in [0, 0.05) is 6.07 Å². The molecule has 0 fully saturated rings. The molecule has 1 heterocycles. The number of urea groups is 1. The number of amides is 2. The van der Waals surface area contributed by atoms with Crippen LogP contribution in [0.2, 0.25) is 18.1 Å². The average molecular weight is 271 g/mol.